The van der Waals surface area contributed by atoms with E-state index in [9.17, 15) is 13.2 Å². The van der Waals surface area contributed by atoms with Gasteiger partial charge in [0.05, 0.1) is 20.5 Å². The molecule has 2 aromatic rings. The van der Waals surface area contributed by atoms with E-state index in [4.69, 9.17) is 17.3 Å². The van der Waals surface area contributed by atoms with E-state index in [0.29, 0.717) is 16.1 Å². The number of thiazole rings is 1. The highest BCUT2D eigenvalue weighted by atomic mass is 35.5. The zero-order valence-corrected chi connectivity index (χ0v) is 13.1. The monoisotopic (exact) mass is 330 g/mol. The van der Waals surface area contributed by atoms with E-state index < -0.39 is 15.7 Å². The second kappa shape index (κ2) is 5.16. The second-order valence-electron chi connectivity index (χ2n) is 4.22. The van der Waals surface area contributed by atoms with Crippen molar-refractivity contribution < 1.29 is 13.2 Å². The number of carbonyl (C=O) groups excluding carboxylic acids is 1. The van der Waals surface area contributed by atoms with Gasteiger partial charge in [-0.2, -0.15) is 0 Å². The molecule has 0 unspecified atom stereocenters. The molecule has 0 spiro atoms. The van der Waals surface area contributed by atoms with Gasteiger partial charge in [0.25, 0.3) is 5.91 Å². The fourth-order valence-electron chi connectivity index (χ4n) is 1.70. The van der Waals surface area contributed by atoms with Crippen molar-refractivity contribution in [2.24, 2.45) is 5.73 Å². The van der Waals surface area contributed by atoms with Crippen molar-refractivity contribution in [3.05, 3.63) is 33.9 Å². The number of nitrogens with zero attached hydrogens (tertiary/aromatic N) is 1. The number of hydrogen-bond donors (Lipinski definition) is 1. The Balaban J connectivity index is 2.63. The Labute approximate surface area is 125 Å². The maximum atomic E-state index is 11.7. The number of hydrogen-bond acceptors (Lipinski definition) is 5. The van der Waals surface area contributed by atoms with Crippen LogP contribution in [0.3, 0.4) is 0 Å². The number of aromatic nitrogens is 1. The molecule has 2 N–H and O–H groups in total. The van der Waals surface area contributed by atoms with Crippen molar-refractivity contribution in [2.75, 3.05) is 6.26 Å². The molecule has 8 heteroatoms. The fourth-order valence-corrected chi connectivity index (χ4v) is 3.91. The zero-order chi connectivity index (χ0) is 15.1. The van der Waals surface area contributed by atoms with Gasteiger partial charge < -0.3 is 5.73 Å². The van der Waals surface area contributed by atoms with E-state index >= 15 is 0 Å². The van der Waals surface area contributed by atoms with Crippen LogP contribution < -0.4 is 5.73 Å². The van der Waals surface area contributed by atoms with Gasteiger partial charge in [-0.15, -0.1) is 11.3 Å². The van der Waals surface area contributed by atoms with Crippen LogP contribution in [-0.4, -0.2) is 25.6 Å². The topological polar surface area (TPSA) is 90.1 Å². The van der Waals surface area contributed by atoms with Gasteiger partial charge in [0.15, 0.2) is 14.8 Å². The molecule has 20 heavy (non-hydrogen) atoms. The quantitative estimate of drug-likeness (QED) is 0.934. The lowest BCUT2D eigenvalue weighted by Gasteiger charge is -2.05. The molecule has 0 saturated carbocycles. The Morgan fingerprint density at radius 2 is 2.05 bits per heavy atom. The first-order valence-electron chi connectivity index (χ1n) is 5.47. The third kappa shape index (κ3) is 2.84. The van der Waals surface area contributed by atoms with Crippen LogP contribution in [0.15, 0.2) is 23.1 Å². The predicted molar refractivity (Wildman–Crippen MR) is 78.9 cm³/mol. The first-order valence-corrected chi connectivity index (χ1v) is 8.56. The molecule has 0 saturated heterocycles. The number of carbonyl (C=O) groups is 1. The highest BCUT2D eigenvalue weighted by Gasteiger charge is 2.17. The van der Waals surface area contributed by atoms with Gasteiger partial charge in [-0.3, -0.25) is 4.79 Å². The third-order valence-electron chi connectivity index (χ3n) is 2.60. The number of rotatable bonds is 3. The van der Waals surface area contributed by atoms with Gasteiger partial charge >= 0.3 is 0 Å². The number of halogens is 1. The summed E-state index contributed by atoms with van der Waals surface area (Å²) in [6.07, 6.45) is 1.09. The molecule has 0 radical (unpaired) electrons. The van der Waals surface area contributed by atoms with Crippen molar-refractivity contribution in [3.8, 4) is 10.4 Å². The molecule has 0 aliphatic rings. The van der Waals surface area contributed by atoms with Gasteiger partial charge in [-0.1, -0.05) is 17.7 Å². The molecule has 0 aliphatic carbocycles. The smallest absolute Gasteiger partial charge is 0.277 e. The molecular formula is C12H11ClN2O3S2. The summed E-state index contributed by atoms with van der Waals surface area (Å²) in [5.74, 6) is -0.610. The first kappa shape index (κ1) is 15.0. The SMILES string of the molecule is Cc1nc(C(N)=O)sc1-c1ccc(Cl)c(S(C)(=O)=O)c1. The number of amides is 1. The van der Waals surface area contributed by atoms with Crippen LogP contribution in [0.5, 0.6) is 0 Å². The minimum absolute atomic E-state index is 0.0464. The van der Waals surface area contributed by atoms with Crippen molar-refractivity contribution in [2.45, 2.75) is 11.8 Å². The van der Waals surface area contributed by atoms with Crippen LogP contribution in [-0.2, 0) is 9.84 Å². The van der Waals surface area contributed by atoms with Crippen molar-refractivity contribution in [3.63, 3.8) is 0 Å². The van der Waals surface area contributed by atoms with Crippen LogP contribution in [0.25, 0.3) is 10.4 Å². The van der Waals surface area contributed by atoms with Crippen LogP contribution >= 0.6 is 22.9 Å². The predicted octanol–water partition coefficient (Wildman–Crippen LogP) is 2.27. The number of nitrogens with two attached hydrogens (primary N) is 1. The summed E-state index contributed by atoms with van der Waals surface area (Å²) in [6.45, 7) is 1.73. The lowest BCUT2D eigenvalue weighted by Crippen LogP contribution is -2.10. The Hall–Kier alpha value is -1.44. The molecule has 0 fully saturated rings. The highest BCUT2D eigenvalue weighted by Crippen LogP contribution is 2.33. The third-order valence-corrected chi connectivity index (χ3v) is 5.40. The summed E-state index contributed by atoms with van der Waals surface area (Å²) >= 11 is 7.02. The zero-order valence-electron chi connectivity index (χ0n) is 10.7. The van der Waals surface area contributed by atoms with E-state index in [2.05, 4.69) is 4.98 Å². The molecule has 2 rings (SSSR count). The molecule has 1 heterocycles. The van der Waals surface area contributed by atoms with E-state index in [1.807, 2.05) is 0 Å². The molecule has 1 aromatic heterocycles. The summed E-state index contributed by atoms with van der Waals surface area (Å²) in [5, 5.41) is 0.349. The van der Waals surface area contributed by atoms with Crippen LogP contribution in [0.4, 0.5) is 0 Å². The molecular weight excluding hydrogens is 320 g/mol. The molecule has 0 atom stereocenters. The molecule has 5 nitrogen and oxygen atoms in total. The molecule has 1 aromatic carbocycles. The minimum Gasteiger partial charge on any atom is -0.364 e. The maximum absolute atomic E-state index is 11.7. The van der Waals surface area contributed by atoms with Crippen LogP contribution in [0.2, 0.25) is 5.02 Å². The Morgan fingerprint density at radius 3 is 2.55 bits per heavy atom. The van der Waals surface area contributed by atoms with Gasteiger partial charge in [0.1, 0.15) is 0 Å². The van der Waals surface area contributed by atoms with E-state index in [0.717, 1.165) is 17.6 Å². The number of aryl methyl sites for hydroxylation is 1. The van der Waals surface area contributed by atoms with Crippen molar-refractivity contribution >= 4 is 38.7 Å². The van der Waals surface area contributed by atoms with Gasteiger partial charge in [0, 0.05) is 6.26 Å². The average Bonchev–Trinajstić information content (AvgIpc) is 2.71. The standard InChI is InChI=1S/C12H11ClN2O3S2/c1-6-10(19-12(15-6)11(14)16)7-3-4-8(13)9(5-7)20(2,17)18/h3-5H,1-2H3,(H2,14,16). The summed E-state index contributed by atoms with van der Waals surface area (Å²) in [6, 6.07) is 4.67. The second-order valence-corrected chi connectivity index (χ2v) is 7.61. The lowest BCUT2D eigenvalue weighted by molar-refractivity contribution is 0.1000. The summed E-state index contributed by atoms with van der Waals surface area (Å²) in [4.78, 5) is 15.9. The van der Waals surface area contributed by atoms with Crippen molar-refractivity contribution in [1.29, 1.82) is 0 Å². The summed E-state index contributed by atoms with van der Waals surface area (Å²) < 4.78 is 23.3. The average molecular weight is 331 g/mol. The Bertz CT molecular complexity index is 797. The van der Waals surface area contributed by atoms with E-state index in [1.54, 1.807) is 13.0 Å². The van der Waals surface area contributed by atoms with Gasteiger partial charge in [-0.25, -0.2) is 13.4 Å². The molecule has 0 bridgehead atoms. The lowest BCUT2D eigenvalue weighted by atomic mass is 10.2. The maximum Gasteiger partial charge on any atom is 0.277 e. The normalized spacial score (nSPS) is 11.6. The Morgan fingerprint density at radius 1 is 1.40 bits per heavy atom. The van der Waals surface area contributed by atoms with Crippen LogP contribution in [0.1, 0.15) is 15.5 Å². The number of benzene rings is 1. The van der Waals surface area contributed by atoms with Crippen molar-refractivity contribution in [1.82, 2.24) is 4.98 Å². The molecule has 1 amide bonds. The molecule has 0 aliphatic heterocycles. The minimum atomic E-state index is -3.43. The summed E-state index contributed by atoms with van der Waals surface area (Å²) in [5.41, 5.74) is 6.44. The fraction of sp³-hybridized carbons (Fsp3) is 0.167. The van der Waals surface area contributed by atoms with E-state index in [-0.39, 0.29) is 14.9 Å². The number of primary amides is 1. The largest absolute Gasteiger partial charge is 0.364 e. The van der Waals surface area contributed by atoms with Gasteiger partial charge in [0.2, 0.25) is 0 Å². The first-order chi connectivity index (χ1) is 9.20. The van der Waals surface area contributed by atoms with Gasteiger partial charge in [-0.05, 0) is 24.6 Å². The van der Waals surface area contributed by atoms with E-state index in [1.165, 1.54) is 12.1 Å². The molecule has 106 valence electrons. The summed E-state index contributed by atoms with van der Waals surface area (Å²) in [7, 11) is -3.43. The number of sulfone groups is 1. The van der Waals surface area contributed by atoms with Crippen LogP contribution in [0, 0.1) is 6.92 Å². The Kier molecular flexibility index (Phi) is 3.86. The highest BCUT2D eigenvalue weighted by molar-refractivity contribution is 7.90.